The zero-order chi connectivity index (χ0) is 15.8. The summed E-state index contributed by atoms with van der Waals surface area (Å²) in [5.74, 6) is 0. The first-order valence-electron chi connectivity index (χ1n) is 6.84. The molecule has 0 heterocycles. The highest BCUT2D eigenvalue weighted by molar-refractivity contribution is 9.10. The maximum Gasteiger partial charge on any atom is 0.318 e. The summed E-state index contributed by atoms with van der Waals surface area (Å²) in [7, 11) is 0. The van der Waals surface area contributed by atoms with Crippen LogP contribution in [-0.4, -0.2) is 12.6 Å². The molecule has 2 aromatic carbocycles. The fraction of sp³-hybridized carbons (Fsp3) is 0.118. The zero-order valence-corrected chi connectivity index (χ0v) is 14.2. The monoisotopic (exact) mass is 378 g/mol. The Labute approximate surface area is 143 Å². The molecular formula is C17H16BrClN2O. The molecule has 0 fully saturated rings. The normalized spacial score (nSPS) is 10.6. The van der Waals surface area contributed by atoms with E-state index in [1.54, 1.807) is 6.20 Å². The van der Waals surface area contributed by atoms with Gasteiger partial charge >= 0.3 is 6.03 Å². The molecule has 22 heavy (non-hydrogen) atoms. The van der Waals surface area contributed by atoms with Crippen molar-refractivity contribution in [2.75, 3.05) is 6.54 Å². The standard InChI is InChI=1S/C17H16BrClN2O/c18-15-6-4-13(5-7-15)8-10-20-17(22)21-11-9-14-2-1-3-16(19)12-14/h1-8,10,12H,9,11H2,(H2,20,21,22)/b10-8+. The van der Waals surface area contributed by atoms with Crippen molar-refractivity contribution in [2.45, 2.75) is 6.42 Å². The Morgan fingerprint density at radius 1 is 1.18 bits per heavy atom. The van der Waals surface area contributed by atoms with Gasteiger partial charge in [-0.1, -0.05) is 51.8 Å². The molecule has 5 heteroatoms. The third-order valence-electron chi connectivity index (χ3n) is 2.95. The molecule has 2 amide bonds. The average Bonchev–Trinajstić information content (AvgIpc) is 2.49. The molecule has 114 valence electrons. The highest BCUT2D eigenvalue weighted by atomic mass is 79.9. The molecular weight excluding hydrogens is 364 g/mol. The molecule has 0 aliphatic rings. The van der Waals surface area contributed by atoms with Crippen molar-refractivity contribution in [3.8, 4) is 0 Å². The average molecular weight is 380 g/mol. The summed E-state index contributed by atoms with van der Waals surface area (Å²) in [4.78, 5) is 11.6. The second-order valence-electron chi connectivity index (χ2n) is 4.67. The number of benzene rings is 2. The maximum absolute atomic E-state index is 11.6. The summed E-state index contributed by atoms with van der Waals surface area (Å²) in [6.07, 6.45) is 4.20. The molecule has 0 saturated heterocycles. The highest BCUT2D eigenvalue weighted by Crippen LogP contribution is 2.11. The van der Waals surface area contributed by atoms with Gasteiger partial charge in [0.2, 0.25) is 0 Å². The first-order valence-corrected chi connectivity index (χ1v) is 8.01. The van der Waals surface area contributed by atoms with E-state index in [2.05, 4.69) is 26.6 Å². The number of halogens is 2. The molecule has 0 aliphatic heterocycles. The van der Waals surface area contributed by atoms with Crippen LogP contribution in [0.5, 0.6) is 0 Å². The number of carbonyl (C=O) groups is 1. The van der Waals surface area contributed by atoms with Gasteiger partial charge in [-0.15, -0.1) is 0 Å². The minimum Gasteiger partial charge on any atom is -0.338 e. The van der Waals surface area contributed by atoms with Gasteiger partial charge in [-0.2, -0.15) is 0 Å². The minimum absolute atomic E-state index is 0.226. The quantitative estimate of drug-likeness (QED) is 0.782. The highest BCUT2D eigenvalue weighted by Gasteiger charge is 1.98. The molecule has 0 unspecified atom stereocenters. The zero-order valence-electron chi connectivity index (χ0n) is 11.9. The molecule has 0 radical (unpaired) electrons. The molecule has 0 aromatic heterocycles. The molecule has 3 nitrogen and oxygen atoms in total. The van der Waals surface area contributed by atoms with Crippen molar-refractivity contribution in [3.63, 3.8) is 0 Å². The predicted octanol–water partition coefficient (Wildman–Crippen LogP) is 4.62. The Hall–Kier alpha value is -1.78. The van der Waals surface area contributed by atoms with Crippen molar-refractivity contribution >= 4 is 39.6 Å². The molecule has 0 aliphatic carbocycles. The summed E-state index contributed by atoms with van der Waals surface area (Å²) < 4.78 is 1.02. The van der Waals surface area contributed by atoms with E-state index in [-0.39, 0.29) is 6.03 Å². The predicted molar refractivity (Wildman–Crippen MR) is 94.9 cm³/mol. The second kappa shape index (κ2) is 8.61. The number of nitrogens with one attached hydrogen (secondary N) is 2. The topological polar surface area (TPSA) is 41.1 Å². The van der Waals surface area contributed by atoms with Crippen molar-refractivity contribution in [2.24, 2.45) is 0 Å². The van der Waals surface area contributed by atoms with E-state index < -0.39 is 0 Å². The fourth-order valence-corrected chi connectivity index (χ4v) is 2.33. The summed E-state index contributed by atoms with van der Waals surface area (Å²) >= 11 is 9.29. The Morgan fingerprint density at radius 2 is 1.95 bits per heavy atom. The van der Waals surface area contributed by atoms with E-state index in [0.717, 1.165) is 22.0 Å². The number of hydrogen-bond donors (Lipinski definition) is 2. The number of carbonyl (C=O) groups excluding carboxylic acids is 1. The van der Waals surface area contributed by atoms with Gasteiger partial charge in [0.1, 0.15) is 0 Å². The van der Waals surface area contributed by atoms with E-state index in [9.17, 15) is 4.79 Å². The van der Waals surface area contributed by atoms with Crippen molar-refractivity contribution < 1.29 is 4.79 Å². The van der Waals surface area contributed by atoms with Gasteiger partial charge < -0.3 is 10.6 Å². The molecule has 0 spiro atoms. The Morgan fingerprint density at radius 3 is 2.68 bits per heavy atom. The van der Waals surface area contributed by atoms with Crippen LogP contribution in [0, 0.1) is 0 Å². The van der Waals surface area contributed by atoms with Crippen LogP contribution in [0.1, 0.15) is 11.1 Å². The number of amides is 2. The Balaban J connectivity index is 1.70. The van der Waals surface area contributed by atoms with Gasteiger partial charge in [-0.3, -0.25) is 0 Å². The van der Waals surface area contributed by atoms with E-state index in [4.69, 9.17) is 11.6 Å². The SMILES string of the molecule is O=C(N/C=C/c1ccc(Br)cc1)NCCc1cccc(Cl)c1. The number of rotatable bonds is 5. The van der Waals surface area contributed by atoms with Gasteiger partial charge in [0.05, 0.1) is 0 Å². The largest absolute Gasteiger partial charge is 0.338 e. The van der Waals surface area contributed by atoms with Crippen LogP contribution in [0.15, 0.2) is 59.2 Å². The van der Waals surface area contributed by atoms with Crippen LogP contribution >= 0.6 is 27.5 Å². The van der Waals surface area contributed by atoms with E-state index in [1.807, 2.05) is 54.6 Å². The van der Waals surface area contributed by atoms with E-state index in [0.29, 0.717) is 11.6 Å². The van der Waals surface area contributed by atoms with E-state index in [1.165, 1.54) is 0 Å². The lowest BCUT2D eigenvalue weighted by atomic mass is 10.1. The molecule has 0 saturated carbocycles. The Kier molecular flexibility index (Phi) is 6.49. The fourth-order valence-electron chi connectivity index (χ4n) is 1.85. The molecule has 0 bridgehead atoms. The summed E-state index contributed by atoms with van der Waals surface area (Å²) in [6.45, 7) is 0.554. The minimum atomic E-state index is -0.226. The smallest absolute Gasteiger partial charge is 0.318 e. The van der Waals surface area contributed by atoms with Crippen LogP contribution in [0.4, 0.5) is 4.79 Å². The second-order valence-corrected chi connectivity index (χ2v) is 6.02. The first-order chi connectivity index (χ1) is 10.6. The lowest BCUT2D eigenvalue weighted by molar-refractivity contribution is 0.244. The van der Waals surface area contributed by atoms with Crippen molar-refractivity contribution in [1.29, 1.82) is 0 Å². The van der Waals surface area contributed by atoms with Crippen LogP contribution in [0.2, 0.25) is 5.02 Å². The lowest BCUT2D eigenvalue weighted by Gasteiger charge is -2.05. The third kappa shape index (κ3) is 5.92. The summed E-state index contributed by atoms with van der Waals surface area (Å²) in [5.41, 5.74) is 2.11. The van der Waals surface area contributed by atoms with Gasteiger partial charge in [0, 0.05) is 22.2 Å². The molecule has 2 N–H and O–H groups in total. The summed E-state index contributed by atoms with van der Waals surface area (Å²) in [5, 5.41) is 6.18. The van der Waals surface area contributed by atoms with Gasteiger partial charge in [0.15, 0.2) is 0 Å². The van der Waals surface area contributed by atoms with Crippen molar-refractivity contribution in [1.82, 2.24) is 10.6 Å². The van der Waals surface area contributed by atoms with Crippen LogP contribution in [-0.2, 0) is 6.42 Å². The van der Waals surface area contributed by atoms with Crippen molar-refractivity contribution in [3.05, 3.63) is 75.4 Å². The number of urea groups is 1. The Bertz CT molecular complexity index is 656. The van der Waals surface area contributed by atoms with Gasteiger partial charge in [0.25, 0.3) is 0 Å². The van der Waals surface area contributed by atoms with Crippen LogP contribution in [0.25, 0.3) is 6.08 Å². The molecule has 2 rings (SSSR count). The molecule has 2 aromatic rings. The van der Waals surface area contributed by atoms with Crippen LogP contribution in [0.3, 0.4) is 0 Å². The third-order valence-corrected chi connectivity index (χ3v) is 3.71. The number of hydrogen-bond acceptors (Lipinski definition) is 1. The van der Waals surface area contributed by atoms with Gasteiger partial charge in [-0.25, -0.2) is 4.79 Å². The lowest BCUT2D eigenvalue weighted by Crippen LogP contribution is -2.33. The summed E-state index contributed by atoms with van der Waals surface area (Å²) in [6, 6.07) is 15.2. The first kappa shape index (κ1) is 16.6. The maximum atomic E-state index is 11.6. The molecule has 0 atom stereocenters. The van der Waals surface area contributed by atoms with Gasteiger partial charge in [-0.05, 0) is 47.9 Å². The van der Waals surface area contributed by atoms with Crippen LogP contribution < -0.4 is 10.6 Å². The van der Waals surface area contributed by atoms with E-state index >= 15 is 0 Å².